The fraction of sp³-hybridized carbons (Fsp3) is 0.135. The van der Waals surface area contributed by atoms with Crippen molar-refractivity contribution in [3.63, 3.8) is 0 Å². The van der Waals surface area contributed by atoms with Crippen molar-refractivity contribution in [1.29, 1.82) is 0 Å². The van der Waals surface area contributed by atoms with E-state index in [9.17, 15) is 4.39 Å². The third-order valence-corrected chi connectivity index (χ3v) is 7.90. The molecule has 0 spiro atoms. The van der Waals surface area contributed by atoms with Gasteiger partial charge in [-0.1, -0.05) is 49.7 Å². The zero-order chi connectivity index (χ0) is 29.5. The highest BCUT2D eigenvalue weighted by atomic mass is 19.1. The molecule has 3 aromatic heterocycles. The second-order valence-electron chi connectivity index (χ2n) is 11.0. The smallest absolute Gasteiger partial charge is 0.140 e. The van der Waals surface area contributed by atoms with Crippen LogP contribution in [-0.2, 0) is 6.42 Å². The molecule has 4 aromatic carbocycles. The van der Waals surface area contributed by atoms with Crippen molar-refractivity contribution in [3.05, 3.63) is 132 Å². The average Bonchev–Trinajstić information content (AvgIpc) is 3.60. The van der Waals surface area contributed by atoms with Gasteiger partial charge in [0.05, 0.1) is 22.9 Å². The molecule has 0 aliphatic carbocycles. The quantitative estimate of drug-likeness (QED) is 0.193. The second kappa shape index (κ2) is 10.9. The molecule has 0 saturated heterocycles. The van der Waals surface area contributed by atoms with Crippen molar-refractivity contribution in [3.8, 4) is 34.1 Å². The number of pyridine rings is 1. The van der Waals surface area contributed by atoms with Crippen LogP contribution in [-0.4, -0.2) is 19.3 Å². The minimum absolute atomic E-state index is 0.333. The van der Waals surface area contributed by atoms with E-state index in [0.29, 0.717) is 17.3 Å². The maximum atomic E-state index is 14.2. The average molecular weight is 567 g/mol. The van der Waals surface area contributed by atoms with E-state index < -0.39 is 0 Å². The number of fused-ring (bicyclic) bond motifs is 3. The number of aromatic nitrogens is 4. The van der Waals surface area contributed by atoms with Gasteiger partial charge in [-0.2, -0.15) is 5.10 Å². The Morgan fingerprint density at radius 1 is 0.791 bits per heavy atom. The molecule has 0 unspecified atom stereocenters. The molecule has 0 bridgehead atoms. The summed E-state index contributed by atoms with van der Waals surface area (Å²) in [6.07, 6.45) is 7.71. The lowest BCUT2D eigenvalue weighted by molar-refractivity contribution is 0.483. The zero-order valence-electron chi connectivity index (χ0n) is 24.4. The van der Waals surface area contributed by atoms with Crippen LogP contribution in [0.3, 0.4) is 0 Å². The van der Waals surface area contributed by atoms with Gasteiger partial charge in [-0.05, 0) is 78.9 Å². The van der Waals surface area contributed by atoms with E-state index in [-0.39, 0.29) is 5.82 Å². The fourth-order valence-corrected chi connectivity index (χ4v) is 6.14. The molecule has 7 aromatic rings. The van der Waals surface area contributed by atoms with Crippen molar-refractivity contribution in [2.45, 2.75) is 33.6 Å². The first kappa shape index (κ1) is 26.7. The molecule has 3 heterocycles. The molecular formula is C37H31FN4O. The van der Waals surface area contributed by atoms with Crippen LogP contribution < -0.4 is 4.74 Å². The van der Waals surface area contributed by atoms with E-state index in [1.54, 1.807) is 0 Å². The highest BCUT2D eigenvalue weighted by Crippen LogP contribution is 2.35. The van der Waals surface area contributed by atoms with Gasteiger partial charge in [0.2, 0.25) is 0 Å². The van der Waals surface area contributed by atoms with Crippen molar-refractivity contribution < 1.29 is 9.13 Å². The molecule has 0 aliphatic rings. The van der Waals surface area contributed by atoms with E-state index in [2.05, 4.69) is 55.2 Å². The Labute approximate surface area is 249 Å². The van der Waals surface area contributed by atoms with E-state index in [0.717, 1.165) is 45.9 Å². The Hall–Kier alpha value is -5.23. The number of halogens is 1. The number of aryl methyl sites for hydroxylation is 3. The van der Waals surface area contributed by atoms with Crippen molar-refractivity contribution >= 4 is 21.8 Å². The van der Waals surface area contributed by atoms with Gasteiger partial charge >= 0.3 is 0 Å². The summed E-state index contributed by atoms with van der Waals surface area (Å²) in [5.74, 6) is 1.55. The third kappa shape index (κ3) is 4.95. The van der Waals surface area contributed by atoms with Crippen LogP contribution in [0.2, 0.25) is 0 Å². The lowest BCUT2D eigenvalue weighted by Crippen LogP contribution is -1.98. The summed E-state index contributed by atoms with van der Waals surface area (Å²) in [6, 6.07) is 29.3. The molecular weight excluding hydrogens is 535 g/mol. The van der Waals surface area contributed by atoms with Crippen LogP contribution in [0, 0.1) is 19.7 Å². The lowest BCUT2D eigenvalue weighted by atomic mass is 9.94. The Morgan fingerprint density at radius 2 is 1.58 bits per heavy atom. The normalized spacial score (nSPS) is 11.4. The highest BCUT2D eigenvalue weighted by Gasteiger charge is 2.15. The number of hydrogen-bond donors (Lipinski definition) is 0. The first-order chi connectivity index (χ1) is 21.0. The van der Waals surface area contributed by atoms with Gasteiger partial charge in [-0.15, -0.1) is 0 Å². The molecule has 7 rings (SSSR count). The van der Waals surface area contributed by atoms with E-state index in [4.69, 9.17) is 4.74 Å². The standard InChI is InChI=1S/C37H31FN4O/c1-4-8-26-17-24(2)37(25(3)18-26)27-22-40-41(23-27)29-9-7-10-30(20-29)43-31-13-14-33-32-11-5-6-12-34(32)42(35(33)21-31)36-19-28(38)15-16-39-36/h5-7,9-23H,4,8H2,1-3H3. The minimum atomic E-state index is -0.333. The summed E-state index contributed by atoms with van der Waals surface area (Å²) in [5, 5.41) is 6.80. The Bertz CT molecular complexity index is 2100. The molecule has 212 valence electrons. The number of para-hydroxylation sites is 1. The van der Waals surface area contributed by atoms with Crippen LogP contribution in [0.4, 0.5) is 4.39 Å². The van der Waals surface area contributed by atoms with Gasteiger partial charge in [0, 0.05) is 46.9 Å². The third-order valence-electron chi connectivity index (χ3n) is 7.90. The molecule has 0 saturated carbocycles. The molecule has 0 N–H and O–H groups in total. The van der Waals surface area contributed by atoms with Crippen molar-refractivity contribution in [1.82, 2.24) is 19.3 Å². The van der Waals surface area contributed by atoms with Gasteiger partial charge in [-0.25, -0.2) is 14.1 Å². The van der Waals surface area contributed by atoms with Gasteiger partial charge in [0.25, 0.3) is 0 Å². The molecule has 6 heteroatoms. The second-order valence-corrected chi connectivity index (χ2v) is 11.0. The molecule has 0 amide bonds. The number of ether oxygens (including phenoxy) is 1. The van der Waals surface area contributed by atoms with E-state index >= 15 is 0 Å². The van der Waals surface area contributed by atoms with Crippen LogP contribution >= 0.6 is 0 Å². The number of hydrogen-bond acceptors (Lipinski definition) is 3. The predicted octanol–water partition coefficient (Wildman–Crippen LogP) is 9.53. The maximum absolute atomic E-state index is 14.2. The maximum Gasteiger partial charge on any atom is 0.140 e. The van der Waals surface area contributed by atoms with Crippen LogP contribution in [0.15, 0.2) is 110 Å². The first-order valence-electron chi connectivity index (χ1n) is 14.6. The SMILES string of the molecule is CCCc1cc(C)c(-c2cnn(-c3cccc(Oc4ccc5c6ccccc6n(-c6cc(F)ccn6)c5c4)c3)c2)c(C)c1. The van der Waals surface area contributed by atoms with E-state index in [1.807, 2.05) is 76.1 Å². The monoisotopic (exact) mass is 566 g/mol. The topological polar surface area (TPSA) is 44.9 Å². The largest absolute Gasteiger partial charge is 0.457 e. The van der Waals surface area contributed by atoms with Crippen LogP contribution in [0.25, 0.3) is 44.4 Å². The van der Waals surface area contributed by atoms with Crippen LogP contribution in [0.5, 0.6) is 11.5 Å². The van der Waals surface area contributed by atoms with Gasteiger partial charge in [0.1, 0.15) is 23.1 Å². The number of benzene rings is 4. The Kier molecular flexibility index (Phi) is 6.74. The van der Waals surface area contributed by atoms with Crippen LogP contribution in [0.1, 0.15) is 30.0 Å². The summed E-state index contributed by atoms with van der Waals surface area (Å²) in [7, 11) is 0. The molecule has 5 nitrogen and oxygen atoms in total. The Balaban J connectivity index is 1.22. The fourth-order valence-electron chi connectivity index (χ4n) is 6.14. The summed E-state index contributed by atoms with van der Waals surface area (Å²) >= 11 is 0. The number of rotatable bonds is 7. The summed E-state index contributed by atoms with van der Waals surface area (Å²) in [6.45, 7) is 6.56. The summed E-state index contributed by atoms with van der Waals surface area (Å²) in [4.78, 5) is 4.46. The molecule has 0 radical (unpaired) electrons. The number of nitrogens with zero attached hydrogens (tertiary/aromatic N) is 4. The zero-order valence-corrected chi connectivity index (χ0v) is 24.4. The minimum Gasteiger partial charge on any atom is -0.457 e. The summed E-state index contributed by atoms with van der Waals surface area (Å²) in [5.41, 5.74) is 8.98. The van der Waals surface area contributed by atoms with Crippen molar-refractivity contribution in [2.75, 3.05) is 0 Å². The molecule has 0 aliphatic heterocycles. The highest BCUT2D eigenvalue weighted by molar-refractivity contribution is 6.09. The van der Waals surface area contributed by atoms with Gasteiger partial charge in [0.15, 0.2) is 0 Å². The molecule has 0 atom stereocenters. The van der Waals surface area contributed by atoms with Gasteiger partial charge in [-0.3, -0.25) is 4.57 Å². The van der Waals surface area contributed by atoms with Crippen molar-refractivity contribution in [2.24, 2.45) is 0 Å². The summed E-state index contributed by atoms with van der Waals surface area (Å²) < 4.78 is 24.4. The van der Waals surface area contributed by atoms with E-state index in [1.165, 1.54) is 40.6 Å². The molecule has 0 fully saturated rings. The molecule has 43 heavy (non-hydrogen) atoms. The predicted molar refractivity (Wildman–Crippen MR) is 171 cm³/mol. The van der Waals surface area contributed by atoms with Gasteiger partial charge < -0.3 is 4.74 Å². The first-order valence-corrected chi connectivity index (χ1v) is 14.6. The lowest BCUT2D eigenvalue weighted by Gasteiger charge is -2.11. The Morgan fingerprint density at radius 3 is 2.40 bits per heavy atom.